The van der Waals surface area contributed by atoms with Crippen molar-refractivity contribution in [3.05, 3.63) is 22.6 Å². The van der Waals surface area contributed by atoms with E-state index in [1.807, 2.05) is 6.07 Å². The smallest absolute Gasteiger partial charge is 0.351 e. The molecule has 1 aliphatic rings. The number of aromatic nitrogens is 4. The highest BCUT2D eigenvalue weighted by Gasteiger charge is 2.23. The summed E-state index contributed by atoms with van der Waals surface area (Å²) in [6, 6.07) is 3.98. The number of nitrogens with one attached hydrogen (secondary N) is 1. The maximum Gasteiger partial charge on any atom is 0.364 e. The molecule has 0 bridgehead atoms. The number of alkyl halides is 1. The summed E-state index contributed by atoms with van der Waals surface area (Å²) in [7, 11) is 0. The number of aromatic amines is 1. The Balaban J connectivity index is 2.01. The van der Waals surface area contributed by atoms with E-state index in [-0.39, 0.29) is 5.69 Å². The zero-order valence-electron chi connectivity index (χ0n) is 9.84. The van der Waals surface area contributed by atoms with Crippen molar-refractivity contribution in [1.82, 2.24) is 19.8 Å². The molecular formula is C11H14ClN5O. The van der Waals surface area contributed by atoms with Gasteiger partial charge in [0.2, 0.25) is 0 Å². The lowest BCUT2D eigenvalue weighted by atomic mass is 10.0. The Morgan fingerprint density at radius 1 is 1.44 bits per heavy atom. The van der Waals surface area contributed by atoms with Gasteiger partial charge in [-0.25, -0.2) is 9.89 Å². The van der Waals surface area contributed by atoms with E-state index in [1.165, 1.54) is 10.9 Å². The maximum absolute atomic E-state index is 11.5. The minimum atomic E-state index is -0.314. The zero-order valence-corrected chi connectivity index (χ0v) is 10.6. The molecule has 0 radical (unpaired) electrons. The first kappa shape index (κ1) is 11.5. The summed E-state index contributed by atoms with van der Waals surface area (Å²) in [4.78, 5) is 13.7. The van der Waals surface area contributed by atoms with Gasteiger partial charge in [0.05, 0.1) is 0 Å². The number of hydrogen-bond acceptors (Lipinski definition) is 4. The Kier molecular flexibility index (Phi) is 2.95. The fraction of sp³-hybridized carbons (Fsp3) is 0.545. The molecule has 18 heavy (non-hydrogen) atoms. The number of piperidine rings is 1. The lowest BCUT2D eigenvalue weighted by molar-refractivity contribution is 0.482. The Morgan fingerprint density at radius 3 is 3.17 bits per heavy atom. The number of rotatable bonds is 2. The monoisotopic (exact) mass is 267 g/mol. The highest BCUT2D eigenvalue weighted by molar-refractivity contribution is 6.18. The van der Waals surface area contributed by atoms with Crippen LogP contribution in [0.3, 0.4) is 0 Å². The topological polar surface area (TPSA) is 66.3 Å². The molecule has 0 spiro atoms. The largest absolute Gasteiger partial charge is 0.364 e. The molecule has 2 aromatic rings. The fourth-order valence-corrected chi connectivity index (χ4v) is 2.73. The van der Waals surface area contributed by atoms with E-state index >= 15 is 0 Å². The molecule has 1 saturated heterocycles. The Labute approximate surface area is 109 Å². The minimum absolute atomic E-state index is 0.299. The maximum atomic E-state index is 11.5. The van der Waals surface area contributed by atoms with Crippen LogP contribution in [-0.4, -0.2) is 38.3 Å². The van der Waals surface area contributed by atoms with Gasteiger partial charge in [-0.2, -0.15) is 9.61 Å². The SMILES string of the molecule is O=c1[nH]nc2ccc(N3CCCCC3CCl)nn12. The third-order valence-corrected chi connectivity index (χ3v) is 3.72. The van der Waals surface area contributed by atoms with Gasteiger partial charge in [-0.05, 0) is 31.4 Å². The van der Waals surface area contributed by atoms with Crippen LogP contribution in [0.15, 0.2) is 16.9 Å². The second kappa shape index (κ2) is 4.61. The standard InChI is InChI=1S/C11H14ClN5O/c12-7-8-3-1-2-6-16(8)10-5-4-9-13-14-11(18)17(9)15-10/h4-5,8H,1-3,6-7H2,(H,14,18). The zero-order chi connectivity index (χ0) is 12.5. The molecule has 1 atom stereocenters. The Bertz CT molecular complexity index is 607. The molecule has 0 aromatic carbocycles. The van der Waals surface area contributed by atoms with Gasteiger partial charge in [-0.3, -0.25) is 0 Å². The molecule has 7 heteroatoms. The second-order valence-electron chi connectivity index (χ2n) is 4.49. The molecule has 1 aliphatic heterocycles. The average molecular weight is 268 g/mol. The summed E-state index contributed by atoms with van der Waals surface area (Å²) in [6.07, 6.45) is 3.40. The quantitative estimate of drug-likeness (QED) is 0.825. The van der Waals surface area contributed by atoms with Gasteiger partial charge < -0.3 is 4.90 Å². The molecule has 1 N–H and O–H groups in total. The van der Waals surface area contributed by atoms with Crippen LogP contribution in [0, 0.1) is 0 Å². The van der Waals surface area contributed by atoms with E-state index in [4.69, 9.17) is 11.6 Å². The first-order valence-electron chi connectivity index (χ1n) is 6.06. The summed E-state index contributed by atoms with van der Waals surface area (Å²) in [5.74, 6) is 1.37. The van der Waals surface area contributed by atoms with Crippen LogP contribution in [-0.2, 0) is 0 Å². The lowest BCUT2D eigenvalue weighted by Crippen LogP contribution is -2.41. The van der Waals surface area contributed by atoms with Crippen LogP contribution >= 0.6 is 11.6 Å². The molecule has 2 aromatic heterocycles. The van der Waals surface area contributed by atoms with Crippen molar-refractivity contribution >= 4 is 23.1 Å². The third-order valence-electron chi connectivity index (χ3n) is 3.36. The Morgan fingerprint density at radius 2 is 2.33 bits per heavy atom. The first-order valence-corrected chi connectivity index (χ1v) is 6.60. The van der Waals surface area contributed by atoms with E-state index in [9.17, 15) is 4.79 Å². The predicted octanol–water partition coefficient (Wildman–Crippen LogP) is 1.02. The number of nitrogens with zero attached hydrogens (tertiary/aromatic N) is 4. The van der Waals surface area contributed by atoms with E-state index in [0.717, 1.165) is 25.2 Å². The van der Waals surface area contributed by atoms with Crippen LogP contribution in [0.2, 0.25) is 0 Å². The van der Waals surface area contributed by atoms with Gasteiger partial charge in [-0.15, -0.1) is 16.7 Å². The molecular weight excluding hydrogens is 254 g/mol. The molecule has 1 unspecified atom stereocenters. The van der Waals surface area contributed by atoms with Crippen LogP contribution in [0.1, 0.15) is 19.3 Å². The molecule has 0 amide bonds. The van der Waals surface area contributed by atoms with Gasteiger partial charge in [0, 0.05) is 18.5 Å². The number of H-pyrrole nitrogens is 1. The van der Waals surface area contributed by atoms with Gasteiger partial charge in [0.15, 0.2) is 5.65 Å². The van der Waals surface area contributed by atoms with Crippen molar-refractivity contribution in [3.8, 4) is 0 Å². The van der Waals surface area contributed by atoms with Gasteiger partial charge in [-0.1, -0.05) is 0 Å². The highest BCUT2D eigenvalue weighted by atomic mass is 35.5. The van der Waals surface area contributed by atoms with E-state index in [2.05, 4.69) is 20.2 Å². The molecule has 96 valence electrons. The number of anilines is 1. The van der Waals surface area contributed by atoms with Crippen molar-refractivity contribution in [2.45, 2.75) is 25.3 Å². The predicted molar refractivity (Wildman–Crippen MR) is 69.3 cm³/mol. The number of hydrogen-bond donors (Lipinski definition) is 1. The fourth-order valence-electron chi connectivity index (χ4n) is 2.41. The van der Waals surface area contributed by atoms with Crippen molar-refractivity contribution < 1.29 is 0 Å². The Hall–Kier alpha value is -1.56. The van der Waals surface area contributed by atoms with Crippen LogP contribution < -0.4 is 10.6 Å². The van der Waals surface area contributed by atoms with Gasteiger partial charge in [0.25, 0.3) is 0 Å². The van der Waals surface area contributed by atoms with Crippen molar-refractivity contribution in [2.75, 3.05) is 17.3 Å². The van der Waals surface area contributed by atoms with E-state index in [0.29, 0.717) is 17.6 Å². The number of fused-ring (bicyclic) bond motifs is 1. The first-order chi connectivity index (χ1) is 8.79. The van der Waals surface area contributed by atoms with Gasteiger partial charge >= 0.3 is 5.69 Å². The van der Waals surface area contributed by atoms with Crippen LogP contribution in [0.5, 0.6) is 0 Å². The summed E-state index contributed by atoms with van der Waals surface area (Å²) in [5, 5.41) is 10.6. The molecule has 6 nitrogen and oxygen atoms in total. The molecule has 0 aliphatic carbocycles. The van der Waals surface area contributed by atoms with Crippen LogP contribution in [0.25, 0.3) is 5.65 Å². The summed E-state index contributed by atoms with van der Waals surface area (Å²) in [6.45, 7) is 0.933. The third kappa shape index (κ3) is 1.86. The minimum Gasteiger partial charge on any atom is -0.351 e. The molecule has 0 saturated carbocycles. The average Bonchev–Trinajstić information content (AvgIpc) is 2.80. The van der Waals surface area contributed by atoms with Crippen molar-refractivity contribution in [3.63, 3.8) is 0 Å². The van der Waals surface area contributed by atoms with Gasteiger partial charge in [0.1, 0.15) is 5.82 Å². The highest BCUT2D eigenvalue weighted by Crippen LogP contribution is 2.23. The summed E-state index contributed by atoms with van der Waals surface area (Å²) >= 11 is 6.00. The molecule has 3 rings (SSSR count). The summed E-state index contributed by atoms with van der Waals surface area (Å²) in [5.41, 5.74) is 0.217. The molecule has 1 fully saturated rings. The lowest BCUT2D eigenvalue weighted by Gasteiger charge is -2.35. The normalized spacial score (nSPS) is 20.5. The number of halogens is 1. The van der Waals surface area contributed by atoms with E-state index < -0.39 is 0 Å². The second-order valence-corrected chi connectivity index (χ2v) is 4.80. The van der Waals surface area contributed by atoms with Crippen molar-refractivity contribution in [2.24, 2.45) is 0 Å². The van der Waals surface area contributed by atoms with Crippen molar-refractivity contribution in [1.29, 1.82) is 0 Å². The molecule has 3 heterocycles. The van der Waals surface area contributed by atoms with Crippen LogP contribution in [0.4, 0.5) is 5.82 Å². The summed E-state index contributed by atoms with van der Waals surface area (Å²) < 4.78 is 1.29. The van der Waals surface area contributed by atoms with E-state index in [1.54, 1.807) is 6.07 Å².